The van der Waals surface area contributed by atoms with E-state index in [9.17, 15) is 14.9 Å². The van der Waals surface area contributed by atoms with E-state index < -0.39 is 4.92 Å². The van der Waals surface area contributed by atoms with Gasteiger partial charge >= 0.3 is 0 Å². The van der Waals surface area contributed by atoms with Crippen LogP contribution in [0.5, 0.6) is 5.75 Å². The van der Waals surface area contributed by atoms with E-state index in [0.717, 1.165) is 5.56 Å². The number of carbonyl (C=O) groups excluding carboxylic acids is 1. The molecule has 0 radical (unpaired) electrons. The van der Waals surface area contributed by atoms with Crippen LogP contribution in [0.2, 0.25) is 0 Å². The van der Waals surface area contributed by atoms with Crippen LogP contribution in [0.25, 0.3) is 0 Å². The molecule has 0 atom stereocenters. The van der Waals surface area contributed by atoms with Crippen molar-refractivity contribution in [3.63, 3.8) is 0 Å². The summed E-state index contributed by atoms with van der Waals surface area (Å²) in [7, 11) is 0. The molecule has 3 aromatic rings. The summed E-state index contributed by atoms with van der Waals surface area (Å²) in [6.45, 7) is 0.283. The third-order valence-corrected chi connectivity index (χ3v) is 3.88. The number of carbonyl (C=O) groups is 1. The van der Waals surface area contributed by atoms with Gasteiger partial charge in [-0.3, -0.25) is 14.9 Å². The summed E-state index contributed by atoms with van der Waals surface area (Å²) in [5.41, 5.74) is 8.26. The molecule has 0 aliphatic heterocycles. The zero-order valence-electron chi connectivity index (χ0n) is 14.3. The average molecular weight is 363 g/mol. The Kier molecular flexibility index (Phi) is 5.32. The first kappa shape index (κ1) is 17.9. The second-order valence-corrected chi connectivity index (χ2v) is 5.78. The van der Waals surface area contributed by atoms with E-state index in [4.69, 9.17) is 10.5 Å². The van der Waals surface area contributed by atoms with Crippen LogP contribution < -0.4 is 15.8 Å². The highest BCUT2D eigenvalue weighted by molar-refractivity contribution is 6.05. The average Bonchev–Trinajstić information content (AvgIpc) is 2.69. The van der Waals surface area contributed by atoms with E-state index in [2.05, 4.69) is 5.32 Å². The van der Waals surface area contributed by atoms with Crippen LogP contribution in [0.15, 0.2) is 72.8 Å². The Morgan fingerprint density at radius 3 is 2.30 bits per heavy atom. The molecule has 27 heavy (non-hydrogen) atoms. The van der Waals surface area contributed by atoms with Gasteiger partial charge in [0.05, 0.1) is 16.3 Å². The van der Waals surface area contributed by atoms with Gasteiger partial charge in [0, 0.05) is 17.7 Å². The van der Waals surface area contributed by atoms with Gasteiger partial charge in [0.15, 0.2) is 0 Å². The second kappa shape index (κ2) is 8.01. The Bertz CT molecular complexity index is 954. The van der Waals surface area contributed by atoms with Crippen molar-refractivity contribution in [3.05, 3.63) is 94.0 Å². The van der Waals surface area contributed by atoms with Gasteiger partial charge in [-0.15, -0.1) is 0 Å². The molecule has 0 aromatic heterocycles. The maximum Gasteiger partial charge on any atom is 0.269 e. The standard InChI is InChI=1S/C20H17N3O4/c21-18-3-1-2-4-19(18)22-20(24)15-7-5-14(6-8-15)13-27-17-11-9-16(10-12-17)23(25)26/h1-12H,13,21H2,(H,22,24). The lowest BCUT2D eigenvalue weighted by molar-refractivity contribution is -0.384. The smallest absolute Gasteiger partial charge is 0.269 e. The largest absolute Gasteiger partial charge is 0.489 e. The van der Waals surface area contributed by atoms with Gasteiger partial charge in [-0.2, -0.15) is 0 Å². The summed E-state index contributed by atoms with van der Waals surface area (Å²) in [6, 6.07) is 19.9. The van der Waals surface area contributed by atoms with Crippen molar-refractivity contribution in [1.82, 2.24) is 0 Å². The van der Waals surface area contributed by atoms with E-state index in [1.54, 1.807) is 60.7 Å². The highest BCUT2D eigenvalue weighted by Crippen LogP contribution is 2.20. The fourth-order valence-electron chi connectivity index (χ4n) is 2.39. The third-order valence-electron chi connectivity index (χ3n) is 3.88. The summed E-state index contributed by atoms with van der Waals surface area (Å²) in [5, 5.41) is 13.4. The van der Waals surface area contributed by atoms with Gasteiger partial charge in [-0.25, -0.2) is 0 Å². The molecular weight excluding hydrogens is 346 g/mol. The number of nitro benzene ring substituents is 1. The molecule has 0 saturated carbocycles. The van der Waals surface area contributed by atoms with Crippen LogP contribution in [-0.4, -0.2) is 10.8 Å². The summed E-state index contributed by atoms with van der Waals surface area (Å²) in [4.78, 5) is 22.5. The number of amides is 1. The highest BCUT2D eigenvalue weighted by atomic mass is 16.6. The predicted octanol–water partition coefficient (Wildman–Crippen LogP) is 4.01. The van der Waals surface area contributed by atoms with Gasteiger partial charge in [0.2, 0.25) is 0 Å². The van der Waals surface area contributed by atoms with Crippen molar-refractivity contribution in [1.29, 1.82) is 0 Å². The van der Waals surface area contributed by atoms with Crippen LogP contribution in [0.4, 0.5) is 17.1 Å². The number of nitro groups is 1. The molecule has 0 fully saturated rings. The number of hydrogen-bond donors (Lipinski definition) is 2. The molecule has 0 saturated heterocycles. The molecular formula is C20H17N3O4. The summed E-state index contributed by atoms with van der Waals surface area (Å²) >= 11 is 0. The van der Waals surface area contributed by atoms with Gasteiger partial charge in [0.1, 0.15) is 12.4 Å². The minimum atomic E-state index is -0.462. The zero-order valence-corrected chi connectivity index (χ0v) is 14.3. The van der Waals surface area contributed by atoms with E-state index >= 15 is 0 Å². The number of rotatable bonds is 6. The van der Waals surface area contributed by atoms with Crippen molar-refractivity contribution in [2.75, 3.05) is 11.1 Å². The number of hydrogen-bond acceptors (Lipinski definition) is 5. The maximum absolute atomic E-state index is 12.3. The molecule has 3 N–H and O–H groups in total. The highest BCUT2D eigenvalue weighted by Gasteiger charge is 2.08. The number of ether oxygens (including phenoxy) is 1. The lowest BCUT2D eigenvalue weighted by atomic mass is 10.1. The van der Waals surface area contributed by atoms with Gasteiger partial charge in [-0.1, -0.05) is 24.3 Å². The Labute approximate surface area is 155 Å². The Morgan fingerprint density at radius 2 is 1.67 bits per heavy atom. The van der Waals surface area contributed by atoms with E-state index in [1.165, 1.54) is 12.1 Å². The first-order chi connectivity index (χ1) is 13.0. The molecule has 7 heteroatoms. The van der Waals surface area contributed by atoms with Crippen LogP contribution in [0, 0.1) is 10.1 Å². The van der Waals surface area contributed by atoms with Crippen molar-refractivity contribution < 1.29 is 14.5 Å². The predicted molar refractivity (Wildman–Crippen MR) is 103 cm³/mol. The SMILES string of the molecule is Nc1ccccc1NC(=O)c1ccc(COc2ccc([N+](=O)[O-])cc2)cc1. The summed E-state index contributed by atoms with van der Waals surface area (Å²) in [5.74, 6) is 0.276. The minimum absolute atomic E-state index is 0.0109. The van der Waals surface area contributed by atoms with Crippen molar-refractivity contribution in [2.24, 2.45) is 0 Å². The summed E-state index contributed by atoms with van der Waals surface area (Å²) in [6.07, 6.45) is 0. The Hall–Kier alpha value is -3.87. The van der Waals surface area contributed by atoms with Gasteiger partial charge < -0.3 is 15.8 Å². The zero-order chi connectivity index (χ0) is 19.2. The fourth-order valence-corrected chi connectivity index (χ4v) is 2.39. The van der Waals surface area contributed by atoms with E-state index in [-0.39, 0.29) is 18.2 Å². The molecule has 3 rings (SSSR count). The van der Waals surface area contributed by atoms with Crippen LogP contribution in [0.1, 0.15) is 15.9 Å². The third kappa shape index (κ3) is 4.60. The van der Waals surface area contributed by atoms with Crippen molar-refractivity contribution in [2.45, 2.75) is 6.61 Å². The number of nitrogens with zero attached hydrogens (tertiary/aromatic N) is 1. The van der Waals surface area contributed by atoms with Crippen LogP contribution >= 0.6 is 0 Å². The summed E-state index contributed by atoms with van der Waals surface area (Å²) < 4.78 is 5.60. The first-order valence-electron chi connectivity index (χ1n) is 8.15. The Balaban J connectivity index is 1.59. The normalized spacial score (nSPS) is 10.2. The number of nitrogens with one attached hydrogen (secondary N) is 1. The molecule has 1 amide bonds. The molecule has 136 valence electrons. The van der Waals surface area contributed by atoms with Crippen molar-refractivity contribution in [3.8, 4) is 5.75 Å². The molecule has 0 unspecified atom stereocenters. The number of benzene rings is 3. The number of para-hydroxylation sites is 2. The van der Waals surface area contributed by atoms with Gasteiger partial charge in [0.25, 0.3) is 11.6 Å². The molecule has 3 aromatic carbocycles. The molecule has 0 aliphatic carbocycles. The number of nitrogens with two attached hydrogens (primary N) is 1. The lowest BCUT2D eigenvalue weighted by Crippen LogP contribution is -2.13. The van der Waals surface area contributed by atoms with Crippen LogP contribution in [0.3, 0.4) is 0 Å². The van der Waals surface area contributed by atoms with E-state index in [1.807, 2.05) is 0 Å². The number of nitrogen functional groups attached to an aromatic ring is 1. The Morgan fingerprint density at radius 1 is 1.00 bits per heavy atom. The lowest BCUT2D eigenvalue weighted by Gasteiger charge is -2.09. The molecule has 0 spiro atoms. The number of non-ortho nitro benzene ring substituents is 1. The minimum Gasteiger partial charge on any atom is -0.489 e. The maximum atomic E-state index is 12.3. The van der Waals surface area contributed by atoms with Crippen molar-refractivity contribution >= 4 is 23.0 Å². The van der Waals surface area contributed by atoms with Gasteiger partial charge in [-0.05, 0) is 42.0 Å². The quantitative estimate of drug-likeness (QED) is 0.391. The monoisotopic (exact) mass is 363 g/mol. The molecule has 7 nitrogen and oxygen atoms in total. The van der Waals surface area contributed by atoms with Crippen LogP contribution in [-0.2, 0) is 6.61 Å². The molecule has 0 bridgehead atoms. The first-order valence-corrected chi connectivity index (χ1v) is 8.15. The molecule has 0 heterocycles. The number of anilines is 2. The van der Waals surface area contributed by atoms with E-state index in [0.29, 0.717) is 22.7 Å². The topological polar surface area (TPSA) is 107 Å². The fraction of sp³-hybridized carbons (Fsp3) is 0.0500. The molecule has 0 aliphatic rings. The second-order valence-electron chi connectivity index (χ2n) is 5.78.